The summed E-state index contributed by atoms with van der Waals surface area (Å²) in [5.74, 6) is 2.48. The molecule has 0 bridgehead atoms. The Bertz CT molecular complexity index is 1670. The number of nitrogens with zero attached hydrogens (tertiary/aromatic N) is 4. The summed E-state index contributed by atoms with van der Waals surface area (Å²) in [7, 11) is 0. The standard InChI is InChI=1S/C20H28F3N3O4.C13H18F3N3O2.C7H12O3/c1-11-6-15(7-11)28-10-17(27)24-14-4-2-12(3-5-14)18-25-26-19(29-18)13-8-16(9-13)30-20(21,22)23;14-13(15,16)21-10-5-8(6-10)12-19-18-11(20-12)7-1-3-9(17)4-2-7;1-5-2-6(3-5)10-4-7(8)9/h11-16H,2-10H2,1H3,(H,24,27);7-10H,1-6,17H2;5-6H,2-4H2,1H3,(H,8,9). The van der Waals surface area contributed by atoms with Gasteiger partial charge in [0.25, 0.3) is 0 Å². The van der Waals surface area contributed by atoms with Gasteiger partial charge < -0.3 is 34.5 Å². The number of carbonyl (C=O) groups is 2. The lowest BCUT2D eigenvalue weighted by Crippen LogP contribution is -2.41. The summed E-state index contributed by atoms with van der Waals surface area (Å²) in [6, 6.07) is 0.363. The monoisotopic (exact) mass is 880 g/mol. The normalized spacial score (nSPS) is 33.5. The highest BCUT2D eigenvalue weighted by molar-refractivity contribution is 5.77. The van der Waals surface area contributed by atoms with Crippen LogP contribution in [0, 0.1) is 11.8 Å². The fourth-order valence-corrected chi connectivity index (χ4v) is 8.69. The number of carboxylic acid groups (broad SMARTS) is 1. The van der Waals surface area contributed by atoms with Gasteiger partial charge in [-0.1, -0.05) is 13.8 Å². The lowest BCUT2D eigenvalue weighted by atomic mass is 9.82. The van der Waals surface area contributed by atoms with E-state index < -0.39 is 30.9 Å². The molecule has 0 atom stereocenters. The first-order valence-corrected chi connectivity index (χ1v) is 21.5. The van der Waals surface area contributed by atoms with Gasteiger partial charge >= 0.3 is 18.7 Å². The molecule has 0 saturated heterocycles. The number of nitrogens with two attached hydrogens (primary N) is 1. The molecule has 61 heavy (non-hydrogen) atoms. The summed E-state index contributed by atoms with van der Waals surface area (Å²) in [6.45, 7) is 4.29. The number of hydrogen-bond donors (Lipinski definition) is 3. The number of carbonyl (C=O) groups excluding carboxylic acids is 1. The topological polar surface area (TPSA) is 207 Å². The third-order valence-corrected chi connectivity index (χ3v) is 12.5. The molecule has 4 N–H and O–H groups in total. The summed E-state index contributed by atoms with van der Waals surface area (Å²) in [5, 5.41) is 27.4. The van der Waals surface area contributed by atoms with E-state index in [-0.39, 0.29) is 92.8 Å². The Kier molecular flexibility index (Phi) is 16.1. The van der Waals surface area contributed by atoms with Gasteiger partial charge in [0.15, 0.2) is 0 Å². The van der Waals surface area contributed by atoms with Crippen molar-refractivity contribution in [2.24, 2.45) is 17.6 Å². The van der Waals surface area contributed by atoms with E-state index in [9.17, 15) is 35.9 Å². The second kappa shape index (κ2) is 20.9. The fourth-order valence-electron chi connectivity index (χ4n) is 8.69. The van der Waals surface area contributed by atoms with E-state index >= 15 is 0 Å². The number of nitrogens with one attached hydrogen (secondary N) is 1. The van der Waals surface area contributed by atoms with Crippen molar-refractivity contribution in [2.75, 3.05) is 13.2 Å². The highest BCUT2D eigenvalue weighted by atomic mass is 19.4. The number of amides is 1. The Morgan fingerprint density at radius 1 is 0.607 bits per heavy atom. The van der Waals surface area contributed by atoms with E-state index in [4.69, 9.17) is 29.1 Å². The number of aromatic nitrogens is 4. The third kappa shape index (κ3) is 14.8. The van der Waals surface area contributed by atoms with Crippen molar-refractivity contribution in [3.8, 4) is 0 Å². The Hall–Kier alpha value is -3.40. The third-order valence-electron chi connectivity index (χ3n) is 12.5. The number of carboxylic acids is 1. The van der Waals surface area contributed by atoms with Gasteiger partial charge in [-0.2, -0.15) is 0 Å². The van der Waals surface area contributed by atoms with Crippen LogP contribution in [0.25, 0.3) is 0 Å². The molecule has 0 unspecified atom stereocenters. The largest absolute Gasteiger partial charge is 0.522 e. The molecule has 6 aliphatic carbocycles. The van der Waals surface area contributed by atoms with Gasteiger partial charge in [-0.25, -0.2) is 4.79 Å². The van der Waals surface area contributed by atoms with Gasteiger partial charge in [-0.05, 0) is 115 Å². The number of aliphatic carboxylic acids is 1. The van der Waals surface area contributed by atoms with Crippen LogP contribution >= 0.6 is 0 Å². The highest BCUT2D eigenvalue weighted by Crippen LogP contribution is 2.43. The number of halogens is 6. The molecule has 0 aliphatic heterocycles. The molecule has 2 aromatic heterocycles. The first kappa shape index (κ1) is 47.1. The molecule has 15 nitrogen and oxygen atoms in total. The molecule has 1 amide bonds. The van der Waals surface area contributed by atoms with Crippen LogP contribution in [-0.2, 0) is 28.5 Å². The van der Waals surface area contributed by atoms with Crippen LogP contribution in [0.1, 0.15) is 164 Å². The summed E-state index contributed by atoms with van der Waals surface area (Å²) in [6.07, 6.45) is 1.75. The van der Waals surface area contributed by atoms with Gasteiger partial charge in [0.1, 0.15) is 13.2 Å². The number of rotatable bonds is 13. The Morgan fingerprint density at radius 3 is 1.36 bits per heavy atom. The molecular weight excluding hydrogens is 822 g/mol. The molecule has 344 valence electrons. The quantitative estimate of drug-likeness (QED) is 0.166. The molecule has 0 aromatic carbocycles. The van der Waals surface area contributed by atoms with Crippen LogP contribution in [0.4, 0.5) is 26.3 Å². The lowest BCUT2D eigenvalue weighted by molar-refractivity contribution is -0.353. The van der Waals surface area contributed by atoms with Gasteiger partial charge in [0.2, 0.25) is 29.5 Å². The Balaban J connectivity index is 0.000000173. The first-order valence-electron chi connectivity index (χ1n) is 21.5. The predicted molar refractivity (Wildman–Crippen MR) is 201 cm³/mol. The van der Waals surface area contributed by atoms with E-state index in [1.165, 1.54) is 0 Å². The number of alkyl halides is 6. The van der Waals surface area contributed by atoms with Crippen LogP contribution in [0.15, 0.2) is 8.83 Å². The lowest BCUT2D eigenvalue weighted by Gasteiger charge is -2.33. The molecule has 0 radical (unpaired) electrons. The minimum Gasteiger partial charge on any atom is -0.480 e. The first-order chi connectivity index (χ1) is 28.8. The van der Waals surface area contributed by atoms with Crippen molar-refractivity contribution in [1.29, 1.82) is 0 Å². The zero-order valence-electron chi connectivity index (χ0n) is 34.5. The molecule has 2 aromatic rings. The minimum atomic E-state index is -4.61. The van der Waals surface area contributed by atoms with Crippen molar-refractivity contribution in [3.63, 3.8) is 0 Å². The maximum atomic E-state index is 12.2. The molecular formula is C40H58F6N6O9. The Labute approximate surface area is 349 Å². The molecule has 2 heterocycles. The van der Waals surface area contributed by atoms with Crippen molar-refractivity contribution in [2.45, 2.75) is 189 Å². The second-order valence-electron chi connectivity index (χ2n) is 17.8. The van der Waals surface area contributed by atoms with E-state index in [1.807, 2.05) is 0 Å². The molecule has 8 rings (SSSR count). The van der Waals surface area contributed by atoms with E-state index in [2.05, 4.69) is 49.0 Å². The summed E-state index contributed by atoms with van der Waals surface area (Å²) in [5.41, 5.74) is 5.85. The SMILES string of the molecule is CC1CC(OCC(=O)NC2CCC(c3nnc(C4CC(OC(F)(F)F)C4)o3)CC2)C1.CC1CC(OCC(=O)O)C1.NC1CCC(c2nnc(C3CC(OC(F)(F)F)C3)o2)CC1. The molecule has 0 spiro atoms. The van der Waals surface area contributed by atoms with Gasteiger partial charge in [-0.3, -0.25) is 14.3 Å². The van der Waals surface area contributed by atoms with Crippen LogP contribution in [-0.4, -0.2) is 99.8 Å². The maximum Gasteiger partial charge on any atom is 0.522 e. The van der Waals surface area contributed by atoms with E-state index in [0.717, 1.165) is 83.0 Å². The molecule has 6 fully saturated rings. The average molecular weight is 881 g/mol. The van der Waals surface area contributed by atoms with Crippen LogP contribution in [0.2, 0.25) is 0 Å². The van der Waals surface area contributed by atoms with E-state index in [1.54, 1.807) is 0 Å². The van der Waals surface area contributed by atoms with Gasteiger partial charge in [0, 0.05) is 35.8 Å². The van der Waals surface area contributed by atoms with Gasteiger partial charge in [0.05, 0.1) is 24.4 Å². The molecule has 6 aliphatic rings. The fraction of sp³-hybridized carbons (Fsp3) is 0.850. The summed E-state index contributed by atoms with van der Waals surface area (Å²) >= 11 is 0. The zero-order valence-corrected chi connectivity index (χ0v) is 34.5. The molecule has 21 heteroatoms. The average Bonchev–Trinajstić information content (AvgIpc) is 3.82. The van der Waals surface area contributed by atoms with Crippen molar-refractivity contribution < 1.29 is 68.8 Å². The molecule has 6 saturated carbocycles. The maximum absolute atomic E-state index is 12.2. The van der Waals surface area contributed by atoms with Crippen molar-refractivity contribution in [1.82, 2.24) is 25.7 Å². The zero-order chi connectivity index (χ0) is 43.9. The second-order valence-corrected chi connectivity index (χ2v) is 17.8. The van der Waals surface area contributed by atoms with Crippen LogP contribution in [0.3, 0.4) is 0 Å². The summed E-state index contributed by atoms with van der Waals surface area (Å²) < 4.78 is 103. The Morgan fingerprint density at radius 2 is 0.984 bits per heavy atom. The van der Waals surface area contributed by atoms with Crippen molar-refractivity contribution in [3.05, 3.63) is 23.6 Å². The number of hydrogen-bond acceptors (Lipinski definition) is 13. The summed E-state index contributed by atoms with van der Waals surface area (Å²) in [4.78, 5) is 22.1. The van der Waals surface area contributed by atoms with Crippen LogP contribution < -0.4 is 11.1 Å². The van der Waals surface area contributed by atoms with Gasteiger partial charge in [-0.15, -0.1) is 46.7 Å². The highest BCUT2D eigenvalue weighted by Gasteiger charge is 2.44. The predicted octanol–water partition coefficient (Wildman–Crippen LogP) is 7.53. The number of ether oxygens (including phenoxy) is 4. The van der Waals surface area contributed by atoms with E-state index in [0.29, 0.717) is 29.5 Å². The smallest absolute Gasteiger partial charge is 0.480 e. The minimum absolute atomic E-state index is 0.0707. The van der Waals surface area contributed by atoms with Crippen LogP contribution in [0.5, 0.6) is 0 Å². The van der Waals surface area contributed by atoms with Crippen molar-refractivity contribution >= 4 is 11.9 Å².